The van der Waals surface area contributed by atoms with Crippen molar-refractivity contribution in [2.45, 2.75) is 18.6 Å². The van der Waals surface area contributed by atoms with Crippen LogP contribution in [-0.4, -0.2) is 35.4 Å². The molecule has 0 unspecified atom stereocenters. The zero-order chi connectivity index (χ0) is 22.7. The molecule has 0 fully saturated rings. The van der Waals surface area contributed by atoms with Crippen LogP contribution in [0.3, 0.4) is 0 Å². The van der Waals surface area contributed by atoms with Gasteiger partial charge in [-0.3, -0.25) is 14.2 Å². The number of carbonyl (C=O) groups is 1. The van der Waals surface area contributed by atoms with E-state index in [9.17, 15) is 9.59 Å². The maximum Gasteiger partial charge on any atom is 0.263 e. The molecule has 166 valence electrons. The van der Waals surface area contributed by atoms with Crippen LogP contribution in [0, 0.1) is 0 Å². The average Bonchev–Trinajstić information content (AvgIpc) is 3.47. The van der Waals surface area contributed by atoms with Gasteiger partial charge in [0.25, 0.3) is 5.56 Å². The summed E-state index contributed by atoms with van der Waals surface area (Å²) < 4.78 is 17.5. The molecule has 0 aliphatic rings. The highest BCUT2D eigenvalue weighted by atomic mass is 32.2. The fourth-order valence-corrected chi connectivity index (χ4v) is 5.05. The van der Waals surface area contributed by atoms with Crippen molar-refractivity contribution in [1.29, 1.82) is 0 Å². The molecule has 3 aromatic heterocycles. The minimum Gasteiger partial charge on any atom is -0.497 e. The highest BCUT2D eigenvalue weighted by molar-refractivity contribution is 7.99. The van der Waals surface area contributed by atoms with Gasteiger partial charge < -0.3 is 19.2 Å². The maximum atomic E-state index is 13.2. The Bertz CT molecular complexity index is 1290. The molecule has 0 aliphatic heterocycles. The van der Waals surface area contributed by atoms with E-state index in [0.717, 1.165) is 5.56 Å². The standard InChI is InChI=1S/C22H21N3O5S2/c1-4-25-21(27)19-16(17-6-5-7-30-17)11-31-20(19)24-22(25)32-12-18(26)23-13-8-14(28-2)10-15(9-13)29-3/h5-11H,4,12H2,1-3H3,(H,23,26). The predicted octanol–water partition coefficient (Wildman–Crippen LogP) is 4.49. The quantitative estimate of drug-likeness (QED) is 0.299. The van der Waals surface area contributed by atoms with E-state index in [1.54, 1.807) is 49.3 Å². The number of rotatable bonds is 8. The molecule has 4 rings (SSSR count). The molecule has 4 aromatic rings. The van der Waals surface area contributed by atoms with Crippen LogP contribution in [0.1, 0.15) is 6.92 Å². The number of methoxy groups -OCH3 is 2. The summed E-state index contributed by atoms with van der Waals surface area (Å²) in [4.78, 5) is 31.0. The van der Waals surface area contributed by atoms with Crippen LogP contribution < -0.4 is 20.3 Å². The molecule has 10 heteroatoms. The van der Waals surface area contributed by atoms with E-state index in [1.807, 2.05) is 18.4 Å². The van der Waals surface area contributed by atoms with Gasteiger partial charge in [-0.15, -0.1) is 11.3 Å². The topological polar surface area (TPSA) is 95.6 Å². The lowest BCUT2D eigenvalue weighted by atomic mass is 10.2. The first-order valence-corrected chi connectivity index (χ1v) is 11.6. The van der Waals surface area contributed by atoms with E-state index < -0.39 is 0 Å². The van der Waals surface area contributed by atoms with Gasteiger partial charge in [-0.25, -0.2) is 4.98 Å². The molecule has 0 saturated carbocycles. The third-order valence-electron chi connectivity index (χ3n) is 4.73. The number of amides is 1. The van der Waals surface area contributed by atoms with Crippen LogP contribution in [0.2, 0.25) is 0 Å². The molecular formula is C22H21N3O5S2. The predicted molar refractivity (Wildman–Crippen MR) is 126 cm³/mol. The summed E-state index contributed by atoms with van der Waals surface area (Å²) in [7, 11) is 3.09. The van der Waals surface area contributed by atoms with E-state index in [0.29, 0.717) is 44.9 Å². The number of hydrogen-bond donors (Lipinski definition) is 1. The van der Waals surface area contributed by atoms with E-state index in [1.165, 1.54) is 23.1 Å². The van der Waals surface area contributed by atoms with Gasteiger partial charge in [-0.1, -0.05) is 11.8 Å². The summed E-state index contributed by atoms with van der Waals surface area (Å²) in [6.07, 6.45) is 1.57. The SMILES string of the molecule is CCn1c(SCC(=O)Nc2cc(OC)cc(OC)c2)nc2scc(-c3ccco3)c2c1=O. The van der Waals surface area contributed by atoms with Gasteiger partial charge in [0.05, 0.1) is 31.6 Å². The second-order valence-corrected chi connectivity index (χ2v) is 8.49. The molecule has 0 radical (unpaired) electrons. The van der Waals surface area contributed by atoms with Gasteiger partial charge in [-0.05, 0) is 19.1 Å². The Balaban J connectivity index is 1.56. The Morgan fingerprint density at radius 3 is 2.62 bits per heavy atom. The third kappa shape index (κ3) is 4.37. The van der Waals surface area contributed by atoms with E-state index in [-0.39, 0.29) is 17.2 Å². The highest BCUT2D eigenvalue weighted by Crippen LogP contribution is 2.32. The first-order valence-electron chi connectivity index (χ1n) is 9.75. The Morgan fingerprint density at radius 1 is 1.25 bits per heavy atom. The van der Waals surface area contributed by atoms with Crippen molar-refractivity contribution < 1.29 is 18.7 Å². The highest BCUT2D eigenvalue weighted by Gasteiger charge is 2.18. The van der Waals surface area contributed by atoms with Gasteiger partial charge in [0.2, 0.25) is 5.91 Å². The molecule has 1 N–H and O–H groups in total. The molecular weight excluding hydrogens is 450 g/mol. The monoisotopic (exact) mass is 471 g/mol. The largest absolute Gasteiger partial charge is 0.497 e. The molecule has 32 heavy (non-hydrogen) atoms. The summed E-state index contributed by atoms with van der Waals surface area (Å²) in [5, 5.41) is 5.73. The second kappa shape index (κ2) is 9.49. The van der Waals surface area contributed by atoms with E-state index in [2.05, 4.69) is 10.3 Å². The molecule has 0 atom stereocenters. The third-order valence-corrected chi connectivity index (χ3v) is 6.58. The zero-order valence-corrected chi connectivity index (χ0v) is 19.3. The number of thiophene rings is 1. The van der Waals surface area contributed by atoms with Crippen molar-refractivity contribution in [1.82, 2.24) is 9.55 Å². The van der Waals surface area contributed by atoms with E-state index in [4.69, 9.17) is 13.9 Å². The lowest BCUT2D eigenvalue weighted by molar-refractivity contribution is -0.113. The molecule has 1 amide bonds. The van der Waals surface area contributed by atoms with Crippen molar-refractivity contribution in [3.63, 3.8) is 0 Å². The van der Waals surface area contributed by atoms with Gasteiger partial charge >= 0.3 is 0 Å². The first-order chi connectivity index (χ1) is 15.5. The van der Waals surface area contributed by atoms with E-state index >= 15 is 0 Å². The van der Waals surface area contributed by atoms with Crippen molar-refractivity contribution >= 4 is 44.9 Å². The summed E-state index contributed by atoms with van der Waals surface area (Å²) >= 11 is 2.59. The minimum absolute atomic E-state index is 0.0912. The summed E-state index contributed by atoms with van der Waals surface area (Å²) in [5.41, 5.74) is 1.14. The van der Waals surface area contributed by atoms with Crippen LogP contribution in [0.15, 0.2) is 56.3 Å². The number of benzene rings is 1. The fourth-order valence-electron chi connectivity index (χ4n) is 3.21. The lowest BCUT2D eigenvalue weighted by Gasteiger charge is -2.11. The number of nitrogens with zero attached hydrogens (tertiary/aromatic N) is 2. The molecule has 0 saturated heterocycles. The number of ether oxygens (including phenoxy) is 2. The van der Waals surface area contributed by atoms with Crippen LogP contribution in [0.5, 0.6) is 11.5 Å². The summed E-state index contributed by atoms with van der Waals surface area (Å²) in [6, 6.07) is 8.74. The molecule has 8 nitrogen and oxygen atoms in total. The molecule has 3 heterocycles. The smallest absolute Gasteiger partial charge is 0.263 e. The first kappa shape index (κ1) is 22.0. The van der Waals surface area contributed by atoms with Crippen LogP contribution >= 0.6 is 23.1 Å². The number of nitrogens with one attached hydrogen (secondary N) is 1. The van der Waals surface area contributed by atoms with Crippen LogP contribution in [0.4, 0.5) is 5.69 Å². The van der Waals surface area contributed by atoms with Gasteiger partial charge in [0.15, 0.2) is 5.16 Å². The van der Waals surface area contributed by atoms with Gasteiger partial charge in [0, 0.05) is 41.4 Å². The van der Waals surface area contributed by atoms with Crippen LogP contribution in [-0.2, 0) is 11.3 Å². The van der Waals surface area contributed by atoms with Crippen LogP contribution in [0.25, 0.3) is 21.5 Å². The minimum atomic E-state index is -0.232. The molecule has 0 bridgehead atoms. The number of hydrogen-bond acceptors (Lipinski definition) is 8. The Morgan fingerprint density at radius 2 is 2.00 bits per heavy atom. The second-order valence-electron chi connectivity index (χ2n) is 6.69. The number of thioether (sulfide) groups is 1. The normalized spacial score (nSPS) is 11.0. The number of fused-ring (bicyclic) bond motifs is 1. The summed E-state index contributed by atoms with van der Waals surface area (Å²) in [5.74, 6) is 1.64. The average molecular weight is 472 g/mol. The van der Waals surface area contributed by atoms with Gasteiger partial charge in [0.1, 0.15) is 22.1 Å². The fraction of sp³-hybridized carbons (Fsp3) is 0.227. The molecule has 1 aromatic carbocycles. The number of aromatic nitrogens is 2. The van der Waals surface area contributed by atoms with Crippen molar-refractivity contribution in [3.8, 4) is 22.8 Å². The Labute approximate surface area is 192 Å². The Kier molecular flexibility index (Phi) is 6.52. The zero-order valence-electron chi connectivity index (χ0n) is 17.7. The maximum absolute atomic E-state index is 13.2. The van der Waals surface area contributed by atoms with Crippen molar-refractivity contribution in [2.24, 2.45) is 0 Å². The number of anilines is 1. The Hall–Kier alpha value is -3.24. The molecule has 0 spiro atoms. The van der Waals surface area contributed by atoms with Gasteiger partial charge in [-0.2, -0.15) is 0 Å². The summed E-state index contributed by atoms with van der Waals surface area (Å²) in [6.45, 7) is 2.31. The number of furan rings is 1. The van der Waals surface area contributed by atoms with Crippen molar-refractivity contribution in [3.05, 3.63) is 52.3 Å². The lowest BCUT2D eigenvalue weighted by Crippen LogP contribution is -2.23. The number of carbonyl (C=O) groups excluding carboxylic acids is 1. The van der Waals surface area contributed by atoms with Crippen molar-refractivity contribution in [2.75, 3.05) is 25.3 Å². The molecule has 0 aliphatic carbocycles.